The van der Waals surface area contributed by atoms with Gasteiger partial charge in [0.25, 0.3) is 0 Å². The molecule has 0 aromatic carbocycles. The van der Waals surface area contributed by atoms with Gasteiger partial charge in [-0.3, -0.25) is 10.2 Å². The van der Waals surface area contributed by atoms with E-state index in [1.165, 1.54) is 0 Å². The Morgan fingerprint density at radius 2 is 2.18 bits per heavy atom. The number of aliphatic imine (C=N–C) groups is 1. The average molecular weight is 176 g/mol. The molecule has 11 heavy (non-hydrogen) atoms. The molecule has 0 aliphatic carbocycles. The van der Waals surface area contributed by atoms with Crippen molar-refractivity contribution in [2.75, 3.05) is 5.75 Å². The van der Waals surface area contributed by atoms with Crippen LogP contribution in [0.4, 0.5) is 0 Å². The van der Waals surface area contributed by atoms with Crippen molar-refractivity contribution in [3.8, 4) is 0 Å². The van der Waals surface area contributed by atoms with Crippen molar-refractivity contribution in [2.24, 2.45) is 16.5 Å². The third kappa shape index (κ3) is 6.65. The van der Waals surface area contributed by atoms with Gasteiger partial charge in [0.05, 0.1) is 5.75 Å². The molecule has 0 unspecified atom stereocenters. The van der Waals surface area contributed by atoms with Gasteiger partial charge in [0.2, 0.25) is 0 Å². The summed E-state index contributed by atoms with van der Waals surface area (Å²) in [6.45, 7) is 0. The van der Waals surface area contributed by atoms with Gasteiger partial charge in [0.1, 0.15) is 0 Å². The van der Waals surface area contributed by atoms with Crippen molar-refractivity contribution in [1.82, 2.24) is 0 Å². The molecule has 7 heteroatoms. The third-order valence-corrected chi connectivity index (χ3v) is 1.32. The number of nitrogens with one attached hydrogen (secondary N) is 1. The Balaban J connectivity index is 3.71. The van der Waals surface area contributed by atoms with Crippen molar-refractivity contribution >= 4 is 28.9 Å². The number of guanidine groups is 1. The highest BCUT2D eigenvalue weighted by molar-refractivity contribution is 8.14. The number of aliphatic carboxylic acids is 1. The molecular formula is C4H8N4O2S. The quantitative estimate of drug-likeness (QED) is 0.317. The summed E-state index contributed by atoms with van der Waals surface area (Å²) in [7, 11) is 0. The van der Waals surface area contributed by atoms with E-state index in [1.807, 2.05) is 0 Å². The number of thioether (sulfide) groups is 1. The maximum atomic E-state index is 9.96. The largest absolute Gasteiger partial charge is 0.481 e. The molecule has 0 aromatic heterocycles. The lowest BCUT2D eigenvalue weighted by atomic mass is 10.8. The van der Waals surface area contributed by atoms with E-state index >= 15 is 0 Å². The van der Waals surface area contributed by atoms with Gasteiger partial charge in [-0.25, -0.2) is 0 Å². The van der Waals surface area contributed by atoms with E-state index in [2.05, 4.69) is 4.99 Å². The van der Waals surface area contributed by atoms with Gasteiger partial charge in [-0.1, -0.05) is 11.8 Å². The Morgan fingerprint density at radius 3 is 2.55 bits per heavy atom. The Labute approximate surface area is 67.2 Å². The minimum absolute atomic E-state index is 0.201. The fourth-order valence-corrected chi connectivity index (χ4v) is 0.710. The summed E-state index contributed by atoms with van der Waals surface area (Å²) in [5, 5.41) is 14.9. The fourth-order valence-electron chi connectivity index (χ4n) is 0.280. The van der Waals surface area contributed by atoms with Crippen molar-refractivity contribution < 1.29 is 9.90 Å². The first-order chi connectivity index (χ1) is 5.02. The standard InChI is InChI=1S/C4H8N4O2S/c5-3(6)8-4(7)11-1-2(9)10/h1H2,(H,9,10)(H5,5,6,7,8). The van der Waals surface area contributed by atoms with Crippen LogP contribution < -0.4 is 11.5 Å². The van der Waals surface area contributed by atoms with Crippen molar-refractivity contribution in [3.63, 3.8) is 0 Å². The molecule has 6 nitrogen and oxygen atoms in total. The van der Waals surface area contributed by atoms with E-state index in [4.69, 9.17) is 22.0 Å². The smallest absolute Gasteiger partial charge is 0.313 e. The van der Waals surface area contributed by atoms with Crippen LogP contribution in [0.15, 0.2) is 4.99 Å². The lowest BCUT2D eigenvalue weighted by Crippen LogP contribution is -2.23. The SMILES string of the molecule is N=C(N=C(N)N)SCC(=O)O. The van der Waals surface area contributed by atoms with Gasteiger partial charge < -0.3 is 16.6 Å². The van der Waals surface area contributed by atoms with E-state index in [9.17, 15) is 4.79 Å². The maximum absolute atomic E-state index is 9.96. The van der Waals surface area contributed by atoms with Gasteiger partial charge in [-0.05, 0) is 0 Å². The highest BCUT2D eigenvalue weighted by Gasteiger charge is 2.00. The van der Waals surface area contributed by atoms with E-state index in [-0.39, 0.29) is 16.9 Å². The topological polar surface area (TPSA) is 126 Å². The number of carbonyl (C=O) groups is 1. The van der Waals surface area contributed by atoms with Crippen LogP contribution in [0.3, 0.4) is 0 Å². The van der Waals surface area contributed by atoms with Gasteiger partial charge in [-0.2, -0.15) is 4.99 Å². The average Bonchev–Trinajstić information content (AvgIpc) is 1.82. The highest BCUT2D eigenvalue weighted by atomic mass is 32.2. The molecule has 0 bridgehead atoms. The molecule has 0 aromatic rings. The molecule has 0 rings (SSSR count). The number of nitrogens with zero attached hydrogens (tertiary/aromatic N) is 1. The molecule has 0 saturated heterocycles. The molecule has 0 aliphatic heterocycles. The Hall–Kier alpha value is -1.24. The Bertz CT molecular complexity index is 198. The maximum Gasteiger partial charge on any atom is 0.313 e. The Kier molecular flexibility index (Phi) is 4.04. The zero-order chi connectivity index (χ0) is 8.85. The van der Waals surface area contributed by atoms with Gasteiger partial charge in [0.15, 0.2) is 11.1 Å². The summed E-state index contributed by atoms with van der Waals surface area (Å²) >= 11 is 0.749. The molecule has 0 radical (unpaired) electrons. The van der Waals surface area contributed by atoms with Gasteiger partial charge >= 0.3 is 5.97 Å². The van der Waals surface area contributed by atoms with Gasteiger partial charge in [0, 0.05) is 0 Å². The van der Waals surface area contributed by atoms with E-state index in [1.54, 1.807) is 0 Å². The lowest BCUT2D eigenvalue weighted by Gasteiger charge is -1.93. The van der Waals surface area contributed by atoms with Crippen LogP contribution >= 0.6 is 11.8 Å². The second-order valence-electron chi connectivity index (χ2n) is 1.52. The molecule has 0 fully saturated rings. The number of hydrogen-bond donors (Lipinski definition) is 4. The van der Waals surface area contributed by atoms with Crippen LogP contribution in [0.25, 0.3) is 0 Å². The first-order valence-corrected chi connectivity index (χ1v) is 3.53. The summed E-state index contributed by atoms with van der Waals surface area (Å²) in [6.07, 6.45) is 0. The zero-order valence-corrected chi connectivity index (χ0v) is 6.39. The molecule has 0 atom stereocenters. The summed E-state index contributed by atoms with van der Waals surface area (Å²) in [5.41, 5.74) is 9.85. The lowest BCUT2D eigenvalue weighted by molar-refractivity contribution is -0.133. The molecule has 6 N–H and O–H groups in total. The van der Waals surface area contributed by atoms with E-state index in [0.717, 1.165) is 11.8 Å². The molecule has 0 heterocycles. The van der Waals surface area contributed by atoms with Crippen LogP contribution in [-0.4, -0.2) is 28.0 Å². The van der Waals surface area contributed by atoms with Crippen LogP contribution in [0.1, 0.15) is 0 Å². The number of carboxylic acids is 1. The predicted molar refractivity (Wildman–Crippen MR) is 43.6 cm³/mol. The number of carboxylic acid groups (broad SMARTS) is 1. The van der Waals surface area contributed by atoms with Crippen LogP contribution in [0.5, 0.6) is 0 Å². The van der Waals surface area contributed by atoms with Crippen LogP contribution in [0.2, 0.25) is 0 Å². The second-order valence-corrected chi connectivity index (χ2v) is 2.49. The molecular weight excluding hydrogens is 168 g/mol. The monoisotopic (exact) mass is 176 g/mol. The first kappa shape index (κ1) is 9.76. The molecule has 0 aliphatic rings. The van der Waals surface area contributed by atoms with E-state index < -0.39 is 5.97 Å². The summed E-state index contributed by atoms with van der Waals surface area (Å²) < 4.78 is 0. The fraction of sp³-hybridized carbons (Fsp3) is 0.250. The molecule has 62 valence electrons. The summed E-state index contributed by atoms with van der Waals surface area (Å²) in [4.78, 5) is 13.3. The number of nitrogens with two attached hydrogens (primary N) is 2. The number of hydrogen-bond acceptors (Lipinski definition) is 3. The Morgan fingerprint density at radius 1 is 1.64 bits per heavy atom. The minimum Gasteiger partial charge on any atom is -0.481 e. The van der Waals surface area contributed by atoms with Crippen LogP contribution in [0, 0.1) is 5.41 Å². The number of amidine groups is 1. The third-order valence-electron chi connectivity index (χ3n) is 0.563. The molecule has 0 amide bonds. The van der Waals surface area contributed by atoms with E-state index in [0.29, 0.717) is 0 Å². The minimum atomic E-state index is -1.01. The molecule has 0 saturated carbocycles. The summed E-state index contributed by atoms with van der Waals surface area (Å²) in [5.74, 6) is -1.46. The van der Waals surface area contributed by atoms with Gasteiger partial charge in [-0.15, -0.1) is 0 Å². The van der Waals surface area contributed by atoms with Crippen molar-refractivity contribution in [1.29, 1.82) is 5.41 Å². The normalized spacial score (nSPS) is 8.73. The predicted octanol–water partition coefficient (Wildman–Crippen LogP) is -0.988. The number of rotatable bonds is 2. The van der Waals surface area contributed by atoms with Crippen molar-refractivity contribution in [3.05, 3.63) is 0 Å². The molecule has 0 spiro atoms. The first-order valence-electron chi connectivity index (χ1n) is 2.55. The zero-order valence-electron chi connectivity index (χ0n) is 5.57. The van der Waals surface area contributed by atoms with Crippen molar-refractivity contribution in [2.45, 2.75) is 0 Å². The van der Waals surface area contributed by atoms with Crippen LogP contribution in [-0.2, 0) is 4.79 Å². The summed E-state index contributed by atoms with van der Waals surface area (Å²) in [6, 6.07) is 0. The highest BCUT2D eigenvalue weighted by Crippen LogP contribution is 2.01. The second kappa shape index (κ2) is 4.56.